The van der Waals surface area contributed by atoms with Gasteiger partial charge in [-0.3, -0.25) is 4.79 Å². The molecule has 1 amide bonds. The second kappa shape index (κ2) is 10.9. The highest BCUT2D eigenvalue weighted by Gasteiger charge is 2.15. The van der Waals surface area contributed by atoms with E-state index in [-0.39, 0.29) is 5.91 Å². The topological polar surface area (TPSA) is 42.0 Å². The monoisotopic (exact) mass is 490 g/mol. The number of hydrogen-bond donors (Lipinski definition) is 1. The average molecular weight is 491 g/mol. The van der Waals surface area contributed by atoms with E-state index < -0.39 is 0 Å². The predicted molar refractivity (Wildman–Crippen MR) is 137 cm³/mol. The number of aryl methyl sites for hydroxylation is 1. The van der Waals surface area contributed by atoms with E-state index in [1.165, 1.54) is 49.7 Å². The van der Waals surface area contributed by atoms with Crippen LogP contribution in [0.4, 0.5) is 0 Å². The first kappa shape index (κ1) is 22.7. The van der Waals surface area contributed by atoms with Crippen LogP contribution < -0.4 is 5.32 Å². The molecule has 0 atom stereocenters. The van der Waals surface area contributed by atoms with Gasteiger partial charge in [0, 0.05) is 22.0 Å². The minimum absolute atomic E-state index is 0.0345. The quantitative estimate of drug-likeness (QED) is 0.329. The molecule has 3 aromatic rings. The van der Waals surface area contributed by atoms with Crippen LogP contribution in [-0.4, -0.2) is 17.4 Å². The molecule has 0 saturated carbocycles. The van der Waals surface area contributed by atoms with Crippen LogP contribution in [0.25, 0.3) is 22.2 Å². The number of halogens is 1. The molecule has 2 aromatic carbocycles. The van der Waals surface area contributed by atoms with E-state index in [0.717, 1.165) is 39.5 Å². The van der Waals surface area contributed by atoms with Gasteiger partial charge >= 0.3 is 0 Å². The molecular formula is C28H31BrN2O. The minimum Gasteiger partial charge on any atom is -0.352 e. The van der Waals surface area contributed by atoms with Gasteiger partial charge in [-0.2, -0.15) is 0 Å². The zero-order chi connectivity index (χ0) is 22.3. The van der Waals surface area contributed by atoms with E-state index in [4.69, 9.17) is 4.98 Å². The molecule has 0 aliphatic heterocycles. The molecule has 0 saturated heterocycles. The van der Waals surface area contributed by atoms with Crippen LogP contribution in [0.1, 0.15) is 67.8 Å². The van der Waals surface area contributed by atoms with Crippen molar-refractivity contribution < 1.29 is 4.79 Å². The summed E-state index contributed by atoms with van der Waals surface area (Å²) in [6.45, 7) is 2.88. The normalized spacial score (nSPS) is 13.8. The number of carbonyl (C=O) groups is 1. The van der Waals surface area contributed by atoms with Crippen LogP contribution in [0.3, 0.4) is 0 Å². The summed E-state index contributed by atoms with van der Waals surface area (Å²) >= 11 is 3.55. The zero-order valence-corrected chi connectivity index (χ0v) is 20.4. The van der Waals surface area contributed by atoms with Crippen LogP contribution in [0.2, 0.25) is 0 Å². The van der Waals surface area contributed by atoms with Crippen molar-refractivity contribution in [2.24, 2.45) is 0 Å². The number of unbranched alkanes of at least 4 members (excludes halogenated alkanes) is 1. The number of nitrogens with zero attached hydrogens (tertiary/aromatic N) is 1. The van der Waals surface area contributed by atoms with Crippen LogP contribution in [-0.2, 0) is 6.42 Å². The van der Waals surface area contributed by atoms with Crippen LogP contribution in [0, 0.1) is 0 Å². The summed E-state index contributed by atoms with van der Waals surface area (Å²) in [5, 5.41) is 4.02. The number of aromatic nitrogens is 1. The molecule has 1 aromatic heterocycles. The predicted octanol–water partition coefficient (Wildman–Crippen LogP) is 7.63. The number of allylic oxidation sites excluding steroid dienone is 1. The molecule has 4 heteroatoms. The molecule has 0 unspecified atom stereocenters. The Hall–Kier alpha value is -2.46. The van der Waals surface area contributed by atoms with Crippen LogP contribution in [0.5, 0.6) is 0 Å². The number of fused-ring (bicyclic) bond motifs is 1. The van der Waals surface area contributed by atoms with Gasteiger partial charge in [0.15, 0.2) is 0 Å². The summed E-state index contributed by atoms with van der Waals surface area (Å²) in [5.74, 6) is -0.0345. The Labute approximate surface area is 199 Å². The number of benzene rings is 2. The average Bonchev–Trinajstić information content (AvgIpc) is 2.83. The molecule has 0 spiro atoms. The minimum atomic E-state index is -0.0345. The van der Waals surface area contributed by atoms with Crippen molar-refractivity contribution in [3.63, 3.8) is 0 Å². The Morgan fingerprint density at radius 3 is 2.66 bits per heavy atom. The van der Waals surface area contributed by atoms with Crippen molar-refractivity contribution in [1.82, 2.24) is 10.3 Å². The first-order chi connectivity index (χ1) is 15.6. The lowest BCUT2D eigenvalue weighted by atomic mass is 9.97. The number of carbonyl (C=O) groups excluding carboxylic acids is 1. The Kier molecular flexibility index (Phi) is 7.75. The number of amides is 1. The van der Waals surface area contributed by atoms with Crippen molar-refractivity contribution in [1.29, 1.82) is 0 Å². The van der Waals surface area contributed by atoms with Gasteiger partial charge < -0.3 is 5.32 Å². The molecule has 1 aliphatic rings. The summed E-state index contributed by atoms with van der Waals surface area (Å²) in [6.07, 6.45) is 11.7. The number of pyridine rings is 1. The van der Waals surface area contributed by atoms with Gasteiger partial charge in [-0.05, 0) is 74.8 Å². The van der Waals surface area contributed by atoms with E-state index in [0.29, 0.717) is 12.1 Å². The smallest absolute Gasteiger partial charge is 0.252 e. The summed E-state index contributed by atoms with van der Waals surface area (Å²) in [4.78, 5) is 18.1. The zero-order valence-electron chi connectivity index (χ0n) is 18.8. The maximum atomic E-state index is 13.2. The first-order valence-corrected chi connectivity index (χ1v) is 12.6. The Morgan fingerprint density at radius 1 is 1.06 bits per heavy atom. The largest absolute Gasteiger partial charge is 0.352 e. The fourth-order valence-electron chi connectivity index (χ4n) is 4.32. The third-order valence-corrected chi connectivity index (χ3v) is 6.69. The van der Waals surface area contributed by atoms with Gasteiger partial charge in [-0.25, -0.2) is 4.98 Å². The van der Waals surface area contributed by atoms with Gasteiger partial charge in [0.05, 0.1) is 16.8 Å². The van der Waals surface area contributed by atoms with Crippen LogP contribution in [0.15, 0.2) is 64.7 Å². The highest BCUT2D eigenvalue weighted by molar-refractivity contribution is 9.10. The molecule has 1 aliphatic carbocycles. The molecule has 0 bridgehead atoms. The molecule has 1 N–H and O–H groups in total. The highest BCUT2D eigenvalue weighted by atomic mass is 79.9. The molecule has 0 fully saturated rings. The van der Waals surface area contributed by atoms with E-state index >= 15 is 0 Å². The molecular weight excluding hydrogens is 460 g/mol. The lowest BCUT2D eigenvalue weighted by Crippen LogP contribution is -2.25. The van der Waals surface area contributed by atoms with Crippen molar-refractivity contribution >= 4 is 32.7 Å². The van der Waals surface area contributed by atoms with E-state index in [1.54, 1.807) is 0 Å². The van der Waals surface area contributed by atoms with Crippen molar-refractivity contribution in [3.05, 3.63) is 75.8 Å². The van der Waals surface area contributed by atoms with Crippen molar-refractivity contribution in [2.75, 3.05) is 6.54 Å². The molecule has 4 rings (SSSR count). The van der Waals surface area contributed by atoms with Gasteiger partial charge in [0.25, 0.3) is 5.91 Å². The molecule has 3 nitrogen and oxygen atoms in total. The van der Waals surface area contributed by atoms with Crippen molar-refractivity contribution in [3.8, 4) is 11.3 Å². The summed E-state index contributed by atoms with van der Waals surface area (Å²) in [7, 11) is 0. The Balaban J connectivity index is 1.59. The van der Waals surface area contributed by atoms with Gasteiger partial charge in [0.1, 0.15) is 0 Å². The number of rotatable bonds is 8. The van der Waals surface area contributed by atoms with Crippen LogP contribution >= 0.6 is 15.9 Å². The number of nitrogens with one attached hydrogen (secondary N) is 1. The SMILES string of the molecule is CCCCc1ccc(-c2cc(C(=O)NCCC3=CCCCC3)c3cc(Br)ccc3n2)cc1. The molecule has 166 valence electrons. The maximum absolute atomic E-state index is 13.2. The first-order valence-electron chi connectivity index (χ1n) is 11.8. The fraction of sp³-hybridized carbons (Fsp3) is 0.357. The Morgan fingerprint density at radius 2 is 1.91 bits per heavy atom. The third-order valence-electron chi connectivity index (χ3n) is 6.20. The Bertz CT molecular complexity index is 1120. The molecule has 1 heterocycles. The van der Waals surface area contributed by atoms with Gasteiger partial charge in [0.2, 0.25) is 0 Å². The highest BCUT2D eigenvalue weighted by Crippen LogP contribution is 2.28. The third kappa shape index (κ3) is 5.66. The van der Waals surface area contributed by atoms with Gasteiger partial charge in [-0.15, -0.1) is 0 Å². The second-order valence-corrected chi connectivity index (χ2v) is 9.55. The van der Waals surface area contributed by atoms with Gasteiger partial charge in [-0.1, -0.05) is 65.2 Å². The molecule has 32 heavy (non-hydrogen) atoms. The maximum Gasteiger partial charge on any atom is 0.252 e. The van der Waals surface area contributed by atoms with E-state index in [2.05, 4.69) is 58.5 Å². The van der Waals surface area contributed by atoms with E-state index in [1.807, 2.05) is 24.3 Å². The second-order valence-electron chi connectivity index (χ2n) is 8.63. The summed E-state index contributed by atoms with van der Waals surface area (Å²) in [6, 6.07) is 16.5. The fourth-order valence-corrected chi connectivity index (χ4v) is 4.68. The lowest BCUT2D eigenvalue weighted by Gasteiger charge is -2.14. The molecule has 0 radical (unpaired) electrons. The summed E-state index contributed by atoms with van der Waals surface area (Å²) in [5.41, 5.74) is 6.20. The number of hydrogen-bond acceptors (Lipinski definition) is 2. The summed E-state index contributed by atoms with van der Waals surface area (Å²) < 4.78 is 0.946. The van der Waals surface area contributed by atoms with Crippen molar-refractivity contribution in [2.45, 2.75) is 58.3 Å². The standard InChI is InChI=1S/C28H31BrN2O/c1-2-3-7-21-10-12-22(13-11-21)27-19-25(24-18-23(29)14-15-26(24)31-27)28(32)30-17-16-20-8-5-4-6-9-20/h8,10-15,18-19H,2-7,9,16-17H2,1H3,(H,30,32). The lowest BCUT2D eigenvalue weighted by molar-refractivity contribution is 0.0955. The van der Waals surface area contributed by atoms with E-state index in [9.17, 15) is 4.79 Å².